The normalized spacial score (nSPS) is 20.0. The average Bonchev–Trinajstić information content (AvgIpc) is 3.94. The lowest BCUT2D eigenvalue weighted by Gasteiger charge is -2.28. The summed E-state index contributed by atoms with van der Waals surface area (Å²) in [6.45, 7) is 3.80. The summed E-state index contributed by atoms with van der Waals surface area (Å²) in [4.78, 5) is 31.4. The van der Waals surface area contributed by atoms with Crippen LogP contribution in [0.25, 0.3) is 0 Å². The predicted molar refractivity (Wildman–Crippen MR) is 213 cm³/mol. The van der Waals surface area contributed by atoms with Crippen molar-refractivity contribution in [2.24, 2.45) is 22.0 Å². The second-order valence-electron chi connectivity index (χ2n) is 16.3. The fraction of sp³-hybridized carbons (Fsp3) is 0.650. The summed E-state index contributed by atoms with van der Waals surface area (Å²) in [6, 6.07) is 4.02. The molecule has 8 rings (SSSR count). The first-order valence-corrected chi connectivity index (χ1v) is 23.2. The molecule has 2 fully saturated rings. The Morgan fingerprint density at radius 1 is 0.704 bits per heavy atom. The van der Waals surface area contributed by atoms with Crippen LogP contribution in [0.1, 0.15) is 95.9 Å². The van der Waals surface area contributed by atoms with Crippen LogP contribution in [0, 0.1) is 11.8 Å². The molecule has 14 heteroatoms. The molecule has 2 aromatic carbocycles. The first-order chi connectivity index (χ1) is 25.8. The number of fused-ring (bicyclic) bond motifs is 4. The van der Waals surface area contributed by atoms with Gasteiger partial charge in [-0.25, -0.2) is 36.3 Å². The second-order valence-corrected chi connectivity index (χ2v) is 19.7. The van der Waals surface area contributed by atoms with Crippen molar-refractivity contribution in [3.63, 3.8) is 0 Å². The number of benzene rings is 2. The van der Waals surface area contributed by atoms with Gasteiger partial charge in [-0.3, -0.25) is 0 Å². The zero-order valence-electron chi connectivity index (χ0n) is 32.1. The van der Waals surface area contributed by atoms with Crippen molar-refractivity contribution in [2.75, 3.05) is 57.1 Å². The number of hydrogen-bond acceptors (Lipinski definition) is 9. The van der Waals surface area contributed by atoms with E-state index in [1.54, 1.807) is 6.08 Å². The SMILES string of the molecule is CN1CCC(CS(=O)(=O)NC(=O)Nc2c3c(cc4c2CCC4)CCC3)CC1.CN1CCC(CS(N)(=O)=O)CC1.O=C=Nc1c2c(cc3c1CCC3)CCC2. The van der Waals surface area contributed by atoms with Gasteiger partial charge in [0.15, 0.2) is 0 Å². The van der Waals surface area contributed by atoms with Crippen molar-refractivity contribution in [2.45, 2.75) is 103 Å². The van der Waals surface area contributed by atoms with Crippen molar-refractivity contribution in [3.8, 4) is 0 Å². The second kappa shape index (κ2) is 17.8. The Kier molecular flexibility index (Phi) is 13.3. The van der Waals surface area contributed by atoms with Gasteiger partial charge >= 0.3 is 6.03 Å². The molecule has 0 spiro atoms. The number of urea groups is 1. The van der Waals surface area contributed by atoms with E-state index in [1.807, 2.05) is 14.1 Å². The Hall–Kier alpha value is -3.13. The number of nitrogens with two attached hydrogens (primary N) is 1. The van der Waals surface area contributed by atoms with Gasteiger partial charge in [0.25, 0.3) is 0 Å². The summed E-state index contributed by atoms with van der Waals surface area (Å²) in [7, 11) is -2.79. The number of amides is 2. The van der Waals surface area contributed by atoms with Crippen LogP contribution in [-0.4, -0.2) is 90.5 Å². The van der Waals surface area contributed by atoms with E-state index >= 15 is 0 Å². The standard InChI is InChI=1S/C20H29N3O3S.C13H13NO.C7H16N2O2S/c1-23-10-8-14(9-11-23)13-27(25,26)22-20(24)21-19-17-6-2-4-15(17)12-16-5-3-7-18(16)19;15-8-14-13-11-5-1-3-9(11)7-10-4-2-6-12(10)13;1-9-4-2-7(3-5-9)6-12(8,10)11/h12,14H,2-11,13H2,1H3,(H2,21,22,24);7H,1-6H2;7H,2-6H2,1H3,(H2,8,10,11). The van der Waals surface area contributed by atoms with E-state index in [9.17, 15) is 26.4 Å². The number of carbonyl (C=O) groups excluding carboxylic acids is 2. The summed E-state index contributed by atoms with van der Waals surface area (Å²) in [5.74, 6) is 0.577. The number of sulfonamides is 2. The molecule has 2 amide bonds. The number of likely N-dealkylation sites (tertiary alicyclic amines) is 2. The molecule has 0 atom stereocenters. The van der Waals surface area contributed by atoms with Crippen molar-refractivity contribution in [3.05, 3.63) is 56.6 Å². The molecule has 2 aromatic rings. The van der Waals surface area contributed by atoms with Crippen molar-refractivity contribution in [1.29, 1.82) is 0 Å². The van der Waals surface area contributed by atoms with Crippen molar-refractivity contribution in [1.82, 2.24) is 14.5 Å². The maximum atomic E-state index is 12.5. The first kappa shape index (κ1) is 40.5. The summed E-state index contributed by atoms with van der Waals surface area (Å²) in [5.41, 5.74) is 12.4. The van der Waals surface area contributed by atoms with Crippen molar-refractivity contribution >= 4 is 43.5 Å². The summed E-state index contributed by atoms with van der Waals surface area (Å²) in [6.07, 6.45) is 18.5. The number of piperidine rings is 2. The Balaban J connectivity index is 0.000000154. The fourth-order valence-corrected chi connectivity index (χ4v) is 11.7. The van der Waals surface area contributed by atoms with Crippen LogP contribution in [0.4, 0.5) is 16.2 Å². The molecular formula is C40H58N6O6S2. The van der Waals surface area contributed by atoms with Crippen LogP contribution in [0.2, 0.25) is 0 Å². The van der Waals surface area contributed by atoms with Crippen LogP contribution in [0.15, 0.2) is 17.1 Å². The lowest BCUT2D eigenvalue weighted by Crippen LogP contribution is -2.40. The van der Waals surface area contributed by atoms with Crippen molar-refractivity contribution < 1.29 is 26.4 Å². The number of anilines is 1. The Morgan fingerprint density at radius 2 is 1.11 bits per heavy atom. The van der Waals surface area contributed by atoms with E-state index in [0.29, 0.717) is 0 Å². The van der Waals surface area contributed by atoms with Gasteiger partial charge in [-0.2, -0.15) is 4.99 Å². The highest BCUT2D eigenvalue weighted by Crippen LogP contribution is 2.40. The van der Waals surface area contributed by atoms with Crippen LogP contribution in [0.5, 0.6) is 0 Å². The van der Waals surface area contributed by atoms with Crippen LogP contribution < -0.4 is 15.2 Å². The predicted octanol–water partition coefficient (Wildman–Crippen LogP) is 4.71. The summed E-state index contributed by atoms with van der Waals surface area (Å²) in [5, 5.41) is 7.87. The Morgan fingerprint density at radius 3 is 1.54 bits per heavy atom. The zero-order valence-corrected chi connectivity index (χ0v) is 33.7. The molecule has 0 radical (unpaired) electrons. The topological polar surface area (TPSA) is 171 Å². The highest BCUT2D eigenvalue weighted by Gasteiger charge is 2.28. The van der Waals surface area contributed by atoms with Gasteiger partial charge in [0, 0.05) is 5.69 Å². The lowest BCUT2D eigenvalue weighted by molar-refractivity contribution is 0.231. The van der Waals surface area contributed by atoms with E-state index in [1.165, 1.54) is 57.3 Å². The van der Waals surface area contributed by atoms with E-state index in [2.05, 4.69) is 37.0 Å². The summed E-state index contributed by atoms with van der Waals surface area (Å²) < 4.78 is 48.7. The molecule has 296 valence electrons. The van der Waals surface area contributed by atoms with Gasteiger partial charge < -0.3 is 15.1 Å². The fourth-order valence-electron chi connectivity index (χ4n) is 9.35. The summed E-state index contributed by atoms with van der Waals surface area (Å²) >= 11 is 0. The molecule has 2 aliphatic heterocycles. The molecule has 0 aromatic heterocycles. The molecule has 54 heavy (non-hydrogen) atoms. The third kappa shape index (κ3) is 10.6. The molecule has 0 saturated carbocycles. The minimum Gasteiger partial charge on any atom is -0.307 e. The lowest BCUT2D eigenvalue weighted by atomic mass is 9.99. The molecule has 0 unspecified atom stereocenters. The molecule has 6 aliphatic rings. The number of nitrogens with one attached hydrogen (secondary N) is 2. The monoisotopic (exact) mass is 782 g/mol. The Bertz CT molecular complexity index is 1900. The highest BCUT2D eigenvalue weighted by atomic mass is 32.2. The van der Waals surface area contributed by atoms with Gasteiger partial charge in [0.1, 0.15) is 0 Å². The maximum Gasteiger partial charge on any atom is 0.332 e. The number of carbonyl (C=O) groups is 1. The molecular weight excluding hydrogens is 725 g/mol. The molecule has 4 aliphatic carbocycles. The maximum absolute atomic E-state index is 12.5. The Labute approximate surface area is 321 Å². The smallest absolute Gasteiger partial charge is 0.307 e. The van der Waals surface area contributed by atoms with E-state index in [4.69, 9.17) is 5.14 Å². The molecule has 2 heterocycles. The highest BCUT2D eigenvalue weighted by molar-refractivity contribution is 7.90. The van der Waals surface area contributed by atoms with Crippen LogP contribution >= 0.6 is 0 Å². The number of nitrogens with zero attached hydrogens (tertiary/aromatic N) is 3. The number of primary sulfonamides is 1. The first-order valence-electron chi connectivity index (χ1n) is 19.9. The number of aryl methyl sites for hydroxylation is 4. The third-order valence-electron chi connectivity index (χ3n) is 12.2. The van der Waals surface area contributed by atoms with E-state index in [-0.39, 0.29) is 23.3 Å². The zero-order chi connectivity index (χ0) is 38.5. The van der Waals surface area contributed by atoms with Gasteiger partial charge in [0.05, 0.1) is 17.2 Å². The number of hydrogen-bond donors (Lipinski definition) is 3. The molecule has 4 N–H and O–H groups in total. The molecule has 12 nitrogen and oxygen atoms in total. The van der Waals surface area contributed by atoms with Crippen LogP contribution in [-0.2, 0) is 76.2 Å². The quantitative estimate of drug-likeness (QED) is 0.268. The molecule has 0 bridgehead atoms. The van der Waals surface area contributed by atoms with E-state index in [0.717, 1.165) is 127 Å². The molecule has 2 saturated heterocycles. The minimum atomic E-state index is -3.63. The number of isocyanates is 1. The van der Waals surface area contributed by atoms with Gasteiger partial charge in [-0.15, -0.1) is 0 Å². The number of rotatable bonds is 7. The van der Waals surface area contributed by atoms with Crippen LogP contribution in [0.3, 0.4) is 0 Å². The average molecular weight is 783 g/mol. The number of aliphatic imine (C=N–C) groups is 1. The minimum absolute atomic E-state index is 0.0270. The third-order valence-corrected chi connectivity index (χ3v) is 14.5. The van der Waals surface area contributed by atoms with Gasteiger partial charge in [-0.05, 0) is 199 Å². The van der Waals surface area contributed by atoms with E-state index < -0.39 is 26.1 Å². The van der Waals surface area contributed by atoms with Gasteiger partial charge in [-0.1, -0.05) is 12.1 Å². The van der Waals surface area contributed by atoms with Gasteiger partial charge in [0.2, 0.25) is 26.1 Å². The largest absolute Gasteiger partial charge is 0.332 e.